The van der Waals surface area contributed by atoms with Gasteiger partial charge in [0.1, 0.15) is 5.75 Å². The summed E-state index contributed by atoms with van der Waals surface area (Å²) in [4.78, 5) is 23.0. The fourth-order valence-corrected chi connectivity index (χ4v) is 1.46. The molecule has 0 radical (unpaired) electrons. The number of halogens is 1. The fraction of sp³-hybridized carbons (Fsp3) is 0.333. The predicted molar refractivity (Wildman–Crippen MR) is 71.2 cm³/mol. The van der Waals surface area contributed by atoms with Crippen molar-refractivity contribution in [1.29, 1.82) is 0 Å². The maximum Gasteiger partial charge on any atom is 0.313 e. The molecule has 0 heterocycles. The van der Waals surface area contributed by atoms with Crippen LogP contribution in [0.2, 0.25) is 5.02 Å². The van der Waals surface area contributed by atoms with Crippen LogP contribution in [0.1, 0.15) is 6.42 Å². The number of phenols is 1. The molecule has 0 bridgehead atoms. The van der Waals surface area contributed by atoms with E-state index in [1.54, 1.807) is 7.11 Å². The van der Waals surface area contributed by atoms with E-state index in [2.05, 4.69) is 10.6 Å². The Morgan fingerprint density at radius 3 is 2.79 bits per heavy atom. The lowest BCUT2D eigenvalue weighted by Gasteiger charge is -2.08. The fourth-order valence-electron chi connectivity index (χ4n) is 1.29. The van der Waals surface area contributed by atoms with Crippen molar-refractivity contribution in [2.45, 2.75) is 6.42 Å². The second-order valence-corrected chi connectivity index (χ2v) is 4.15. The van der Waals surface area contributed by atoms with E-state index in [1.165, 1.54) is 18.2 Å². The Kier molecular flexibility index (Phi) is 6.11. The Hall–Kier alpha value is -1.79. The highest BCUT2D eigenvalue weighted by Gasteiger charge is 2.14. The zero-order chi connectivity index (χ0) is 14.3. The number of carbonyl (C=O) groups is 2. The van der Waals surface area contributed by atoms with E-state index in [1.807, 2.05) is 0 Å². The highest BCUT2D eigenvalue weighted by atomic mass is 35.5. The van der Waals surface area contributed by atoms with Crippen LogP contribution in [0.15, 0.2) is 18.2 Å². The van der Waals surface area contributed by atoms with E-state index >= 15 is 0 Å². The molecule has 1 aromatic rings. The number of carbonyl (C=O) groups excluding carboxylic acids is 2. The first kappa shape index (κ1) is 15.3. The van der Waals surface area contributed by atoms with E-state index in [4.69, 9.17) is 16.3 Å². The molecule has 104 valence electrons. The molecule has 0 spiro atoms. The Balaban J connectivity index is 2.49. The van der Waals surface area contributed by atoms with Crippen molar-refractivity contribution < 1.29 is 19.4 Å². The molecule has 0 aliphatic heterocycles. The van der Waals surface area contributed by atoms with Gasteiger partial charge in [-0.2, -0.15) is 0 Å². The number of benzene rings is 1. The van der Waals surface area contributed by atoms with Crippen LogP contribution in [-0.4, -0.2) is 37.2 Å². The van der Waals surface area contributed by atoms with E-state index in [0.29, 0.717) is 24.6 Å². The van der Waals surface area contributed by atoms with Crippen molar-refractivity contribution in [3.8, 4) is 5.75 Å². The lowest BCUT2D eigenvalue weighted by Crippen LogP contribution is -2.36. The lowest BCUT2D eigenvalue weighted by atomic mass is 10.3. The van der Waals surface area contributed by atoms with Crippen molar-refractivity contribution in [3.63, 3.8) is 0 Å². The van der Waals surface area contributed by atoms with Crippen molar-refractivity contribution in [2.75, 3.05) is 25.6 Å². The number of anilines is 1. The van der Waals surface area contributed by atoms with Gasteiger partial charge in [0.25, 0.3) is 0 Å². The molecule has 6 nitrogen and oxygen atoms in total. The second-order valence-electron chi connectivity index (χ2n) is 3.72. The SMILES string of the molecule is COCCCNC(=O)C(=O)Nc1cc(Cl)ccc1O. The molecule has 0 saturated heterocycles. The van der Waals surface area contributed by atoms with Crippen molar-refractivity contribution in [3.05, 3.63) is 23.2 Å². The number of hydrogen-bond donors (Lipinski definition) is 3. The zero-order valence-corrected chi connectivity index (χ0v) is 11.2. The van der Waals surface area contributed by atoms with E-state index < -0.39 is 11.8 Å². The van der Waals surface area contributed by atoms with Gasteiger partial charge in [-0.05, 0) is 24.6 Å². The van der Waals surface area contributed by atoms with E-state index in [-0.39, 0.29) is 11.4 Å². The highest BCUT2D eigenvalue weighted by molar-refractivity contribution is 6.40. The third-order valence-electron chi connectivity index (χ3n) is 2.22. The minimum atomic E-state index is -0.866. The number of amides is 2. The molecule has 0 unspecified atom stereocenters. The Morgan fingerprint density at radius 2 is 2.11 bits per heavy atom. The quantitative estimate of drug-likeness (QED) is 0.430. The number of aromatic hydroxyl groups is 1. The average molecular weight is 287 g/mol. The van der Waals surface area contributed by atoms with Crippen molar-refractivity contribution >= 4 is 29.1 Å². The molecule has 0 saturated carbocycles. The Morgan fingerprint density at radius 1 is 1.37 bits per heavy atom. The number of nitrogens with one attached hydrogen (secondary N) is 2. The van der Waals surface area contributed by atoms with Gasteiger partial charge in [0, 0.05) is 25.3 Å². The molecule has 0 aliphatic carbocycles. The molecule has 2 amide bonds. The molecule has 1 rings (SSSR count). The van der Waals surface area contributed by atoms with Gasteiger partial charge < -0.3 is 20.5 Å². The summed E-state index contributed by atoms with van der Waals surface area (Å²) in [5, 5.41) is 14.5. The third-order valence-corrected chi connectivity index (χ3v) is 2.46. The topological polar surface area (TPSA) is 87.7 Å². The van der Waals surface area contributed by atoms with Crippen LogP contribution < -0.4 is 10.6 Å². The summed E-state index contributed by atoms with van der Waals surface area (Å²) in [7, 11) is 1.55. The monoisotopic (exact) mass is 286 g/mol. The number of methoxy groups -OCH3 is 1. The third kappa shape index (κ3) is 5.15. The van der Waals surface area contributed by atoms with Crippen LogP contribution in [0.25, 0.3) is 0 Å². The van der Waals surface area contributed by atoms with Crippen LogP contribution >= 0.6 is 11.6 Å². The molecule has 0 fully saturated rings. The van der Waals surface area contributed by atoms with Gasteiger partial charge >= 0.3 is 11.8 Å². The van der Waals surface area contributed by atoms with Crippen molar-refractivity contribution in [1.82, 2.24) is 5.32 Å². The van der Waals surface area contributed by atoms with E-state index in [0.717, 1.165) is 0 Å². The van der Waals surface area contributed by atoms with Gasteiger partial charge in [0.05, 0.1) is 5.69 Å². The molecular weight excluding hydrogens is 272 g/mol. The second kappa shape index (κ2) is 7.60. The highest BCUT2D eigenvalue weighted by Crippen LogP contribution is 2.26. The van der Waals surface area contributed by atoms with Gasteiger partial charge in [0.15, 0.2) is 0 Å². The smallest absolute Gasteiger partial charge is 0.313 e. The molecule has 19 heavy (non-hydrogen) atoms. The van der Waals surface area contributed by atoms with E-state index in [9.17, 15) is 14.7 Å². The standard InChI is InChI=1S/C12H15ClN2O4/c1-19-6-2-5-14-11(17)12(18)15-9-7-8(13)3-4-10(9)16/h3-4,7,16H,2,5-6H2,1H3,(H,14,17)(H,15,18). The van der Waals surface area contributed by atoms with Gasteiger partial charge in [-0.15, -0.1) is 0 Å². The summed E-state index contributed by atoms with van der Waals surface area (Å²) in [5.41, 5.74) is 0.0875. The van der Waals surface area contributed by atoms with Crippen LogP contribution in [0.4, 0.5) is 5.69 Å². The summed E-state index contributed by atoms with van der Waals surface area (Å²) in [6.45, 7) is 0.832. The Bertz CT molecular complexity index is 465. The minimum Gasteiger partial charge on any atom is -0.506 e. The van der Waals surface area contributed by atoms with Gasteiger partial charge in [-0.1, -0.05) is 11.6 Å². The zero-order valence-electron chi connectivity index (χ0n) is 10.4. The maximum atomic E-state index is 11.5. The lowest BCUT2D eigenvalue weighted by molar-refractivity contribution is -0.136. The molecule has 1 aromatic carbocycles. The Labute approximate surface area is 115 Å². The van der Waals surface area contributed by atoms with Gasteiger partial charge in [-0.25, -0.2) is 0 Å². The summed E-state index contributed by atoms with van der Waals surface area (Å²) < 4.78 is 4.81. The van der Waals surface area contributed by atoms with Crippen LogP contribution in [-0.2, 0) is 14.3 Å². The maximum absolute atomic E-state index is 11.5. The number of hydrogen-bond acceptors (Lipinski definition) is 4. The molecule has 0 aliphatic rings. The van der Waals surface area contributed by atoms with Crippen LogP contribution in [0.5, 0.6) is 5.75 Å². The first-order valence-corrected chi connectivity index (χ1v) is 5.99. The van der Waals surface area contributed by atoms with Crippen LogP contribution in [0, 0.1) is 0 Å². The number of phenolic OH excluding ortho intramolecular Hbond substituents is 1. The summed E-state index contributed by atoms with van der Waals surface area (Å²) in [6.07, 6.45) is 0.609. The van der Waals surface area contributed by atoms with Gasteiger partial charge in [-0.3, -0.25) is 9.59 Å². The largest absolute Gasteiger partial charge is 0.506 e. The molecule has 3 N–H and O–H groups in total. The summed E-state index contributed by atoms with van der Waals surface area (Å²) in [5.74, 6) is -1.81. The average Bonchev–Trinajstić information content (AvgIpc) is 2.38. The summed E-state index contributed by atoms with van der Waals surface area (Å²) in [6, 6.07) is 4.15. The molecule has 0 aromatic heterocycles. The predicted octanol–water partition coefficient (Wildman–Crippen LogP) is 1.14. The molecule has 7 heteroatoms. The van der Waals surface area contributed by atoms with Crippen molar-refractivity contribution in [2.24, 2.45) is 0 Å². The normalized spacial score (nSPS) is 10.0. The minimum absolute atomic E-state index is 0.0875. The molecular formula is C12H15ClN2O4. The van der Waals surface area contributed by atoms with Gasteiger partial charge in [0.2, 0.25) is 0 Å². The van der Waals surface area contributed by atoms with Crippen LogP contribution in [0.3, 0.4) is 0 Å². The number of ether oxygens (including phenoxy) is 1. The first-order valence-electron chi connectivity index (χ1n) is 5.61. The first-order chi connectivity index (χ1) is 9.04. The molecule has 0 atom stereocenters. The number of rotatable bonds is 5. The summed E-state index contributed by atoms with van der Waals surface area (Å²) >= 11 is 5.72.